The molecule has 1 atom stereocenters. The number of aromatic nitrogens is 2. The van der Waals surface area contributed by atoms with Gasteiger partial charge >= 0.3 is 0 Å². The lowest BCUT2D eigenvalue weighted by molar-refractivity contribution is 0.0555. The molecule has 2 heterocycles. The smallest absolute Gasteiger partial charge is 0.230 e. The van der Waals surface area contributed by atoms with E-state index >= 15 is 0 Å². The molecule has 0 aliphatic carbocycles. The number of nitrogens with one attached hydrogen (secondary N) is 1. The highest BCUT2D eigenvalue weighted by Crippen LogP contribution is 2.18. The Labute approximate surface area is 95.6 Å². The SMILES string of the molecule is Cc1nnc(CNC(C)C2CCOCC2)o1. The Morgan fingerprint density at radius 1 is 1.38 bits per heavy atom. The van der Waals surface area contributed by atoms with E-state index in [0.717, 1.165) is 26.1 Å². The Balaban J connectivity index is 1.76. The van der Waals surface area contributed by atoms with Gasteiger partial charge < -0.3 is 14.5 Å². The van der Waals surface area contributed by atoms with E-state index in [1.165, 1.54) is 0 Å². The van der Waals surface area contributed by atoms with Gasteiger partial charge in [0.25, 0.3) is 0 Å². The van der Waals surface area contributed by atoms with Gasteiger partial charge in [-0.2, -0.15) is 0 Å². The quantitative estimate of drug-likeness (QED) is 0.836. The molecule has 2 rings (SSSR count). The summed E-state index contributed by atoms with van der Waals surface area (Å²) in [5, 5.41) is 11.2. The highest BCUT2D eigenvalue weighted by Gasteiger charge is 2.20. The Hall–Kier alpha value is -0.940. The summed E-state index contributed by atoms with van der Waals surface area (Å²) in [5.41, 5.74) is 0. The number of hydrogen-bond donors (Lipinski definition) is 1. The van der Waals surface area contributed by atoms with Crippen LogP contribution in [0.4, 0.5) is 0 Å². The second-order valence-corrected chi connectivity index (χ2v) is 4.33. The summed E-state index contributed by atoms with van der Waals surface area (Å²) in [7, 11) is 0. The Morgan fingerprint density at radius 2 is 2.12 bits per heavy atom. The van der Waals surface area contributed by atoms with Crippen molar-refractivity contribution in [2.45, 2.75) is 39.3 Å². The van der Waals surface area contributed by atoms with E-state index < -0.39 is 0 Å². The summed E-state index contributed by atoms with van der Waals surface area (Å²) in [6.07, 6.45) is 2.27. The molecular weight excluding hydrogens is 206 g/mol. The topological polar surface area (TPSA) is 60.2 Å². The fourth-order valence-corrected chi connectivity index (χ4v) is 2.04. The minimum atomic E-state index is 0.469. The minimum absolute atomic E-state index is 0.469. The van der Waals surface area contributed by atoms with E-state index in [1.54, 1.807) is 6.92 Å². The molecule has 1 saturated heterocycles. The van der Waals surface area contributed by atoms with E-state index in [9.17, 15) is 0 Å². The molecule has 5 nitrogen and oxygen atoms in total. The van der Waals surface area contributed by atoms with Crippen LogP contribution in [0.2, 0.25) is 0 Å². The zero-order chi connectivity index (χ0) is 11.4. The largest absolute Gasteiger partial charge is 0.424 e. The van der Waals surface area contributed by atoms with Gasteiger partial charge in [-0.3, -0.25) is 0 Å². The average Bonchev–Trinajstić information content (AvgIpc) is 2.73. The lowest BCUT2D eigenvalue weighted by Crippen LogP contribution is -2.36. The molecule has 5 heteroatoms. The van der Waals surface area contributed by atoms with Gasteiger partial charge in [-0.05, 0) is 25.7 Å². The molecule has 0 aromatic carbocycles. The third-order valence-corrected chi connectivity index (χ3v) is 3.12. The molecular formula is C11H19N3O2. The molecule has 0 radical (unpaired) electrons. The van der Waals surface area contributed by atoms with Crippen LogP contribution in [0.1, 0.15) is 31.5 Å². The van der Waals surface area contributed by atoms with Crippen LogP contribution in [-0.4, -0.2) is 29.5 Å². The van der Waals surface area contributed by atoms with Crippen LogP contribution < -0.4 is 5.32 Å². The highest BCUT2D eigenvalue weighted by molar-refractivity contribution is 4.81. The van der Waals surface area contributed by atoms with Gasteiger partial charge in [-0.15, -0.1) is 10.2 Å². The van der Waals surface area contributed by atoms with E-state index in [2.05, 4.69) is 22.4 Å². The number of hydrogen-bond acceptors (Lipinski definition) is 5. The predicted octanol–water partition coefficient (Wildman–Crippen LogP) is 1.28. The Kier molecular flexibility index (Phi) is 3.90. The first-order valence-corrected chi connectivity index (χ1v) is 5.86. The first-order chi connectivity index (χ1) is 7.75. The summed E-state index contributed by atoms with van der Waals surface area (Å²) in [4.78, 5) is 0. The van der Waals surface area contributed by atoms with Crippen LogP contribution in [0.15, 0.2) is 4.42 Å². The van der Waals surface area contributed by atoms with E-state index in [4.69, 9.17) is 9.15 Å². The van der Waals surface area contributed by atoms with Crippen molar-refractivity contribution in [3.8, 4) is 0 Å². The molecule has 1 fully saturated rings. The summed E-state index contributed by atoms with van der Waals surface area (Å²) in [6.45, 7) is 6.43. The standard InChI is InChI=1S/C11H19N3O2/c1-8(10-3-5-15-6-4-10)12-7-11-14-13-9(2)16-11/h8,10,12H,3-7H2,1-2H3. The molecule has 1 N–H and O–H groups in total. The molecule has 16 heavy (non-hydrogen) atoms. The van der Waals surface area contributed by atoms with Gasteiger partial charge in [0, 0.05) is 26.2 Å². The molecule has 1 aliphatic heterocycles. The minimum Gasteiger partial charge on any atom is -0.424 e. The normalized spacial score (nSPS) is 19.9. The lowest BCUT2D eigenvalue weighted by atomic mass is 9.93. The van der Waals surface area contributed by atoms with E-state index in [0.29, 0.717) is 30.3 Å². The van der Waals surface area contributed by atoms with Crippen LogP contribution in [0, 0.1) is 12.8 Å². The fraction of sp³-hybridized carbons (Fsp3) is 0.818. The molecule has 0 bridgehead atoms. The van der Waals surface area contributed by atoms with E-state index in [1.807, 2.05) is 0 Å². The third kappa shape index (κ3) is 3.02. The van der Waals surface area contributed by atoms with Crippen molar-refractivity contribution in [3.05, 3.63) is 11.8 Å². The number of aryl methyl sites for hydroxylation is 1. The molecule has 0 spiro atoms. The highest BCUT2D eigenvalue weighted by atomic mass is 16.5. The lowest BCUT2D eigenvalue weighted by Gasteiger charge is -2.28. The second kappa shape index (κ2) is 5.41. The molecule has 1 aliphatic rings. The van der Waals surface area contributed by atoms with Crippen molar-refractivity contribution in [1.82, 2.24) is 15.5 Å². The van der Waals surface area contributed by atoms with Gasteiger partial charge in [0.15, 0.2) is 0 Å². The maximum absolute atomic E-state index is 5.35. The van der Waals surface area contributed by atoms with Crippen molar-refractivity contribution in [2.75, 3.05) is 13.2 Å². The number of ether oxygens (including phenoxy) is 1. The van der Waals surface area contributed by atoms with Gasteiger partial charge in [-0.25, -0.2) is 0 Å². The Morgan fingerprint density at radius 3 is 2.75 bits per heavy atom. The zero-order valence-electron chi connectivity index (χ0n) is 9.90. The molecule has 90 valence electrons. The average molecular weight is 225 g/mol. The molecule has 0 saturated carbocycles. The van der Waals surface area contributed by atoms with Gasteiger partial charge in [0.1, 0.15) is 0 Å². The van der Waals surface area contributed by atoms with Crippen molar-refractivity contribution < 1.29 is 9.15 Å². The molecule has 1 unspecified atom stereocenters. The monoisotopic (exact) mass is 225 g/mol. The fourth-order valence-electron chi connectivity index (χ4n) is 2.04. The number of rotatable bonds is 4. The second-order valence-electron chi connectivity index (χ2n) is 4.33. The van der Waals surface area contributed by atoms with Crippen LogP contribution in [-0.2, 0) is 11.3 Å². The maximum Gasteiger partial charge on any atom is 0.230 e. The van der Waals surface area contributed by atoms with Crippen molar-refractivity contribution >= 4 is 0 Å². The van der Waals surface area contributed by atoms with Crippen LogP contribution in [0.5, 0.6) is 0 Å². The summed E-state index contributed by atoms with van der Waals surface area (Å²) in [5.74, 6) is 1.98. The maximum atomic E-state index is 5.35. The zero-order valence-corrected chi connectivity index (χ0v) is 9.90. The third-order valence-electron chi connectivity index (χ3n) is 3.12. The first-order valence-electron chi connectivity index (χ1n) is 5.86. The summed E-state index contributed by atoms with van der Waals surface area (Å²) >= 11 is 0. The van der Waals surface area contributed by atoms with Crippen LogP contribution in [0.25, 0.3) is 0 Å². The van der Waals surface area contributed by atoms with Gasteiger partial charge in [-0.1, -0.05) is 0 Å². The predicted molar refractivity (Wildman–Crippen MR) is 58.9 cm³/mol. The van der Waals surface area contributed by atoms with E-state index in [-0.39, 0.29) is 0 Å². The van der Waals surface area contributed by atoms with Gasteiger partial charge in [0.05, 0.1) is 6.54 Å². The first kappa shape index (κ1) is 11.5. The molecule has 1 aromatic heterocycles. The van der Waals surface area contributed by atoms with Crippen molar-refractivity contribution in [1.29, 1.82) is 0 Å². The Bertz CT molecular complexity index is 321. The summed E-state index contributed by atoms with van der Waals surface area (Å²) in [6, 6.07) is 0.469. The number of nitrogens with zero attached hydrogens (tertiary/aromatic N) is 2. The van der Waals surface area contributed by atoms with Gasteiger partial charge in [0.2, 0.25) is 11.8 Å². The molecule has 1 aromatic rings. The van der Waals surface area contributed by atoms with Crippen molar-refractivity contribution in [2.24, 2.45) is 5.92 Å². The van der Waals surface area contributed by atoms with Crippen LogP contribution in [0.3, 0.4) is 0 Å². The van der Waals surface area contributed by atoms with Crippen LogP contribution >= 0.6 is 0 Å². The van der Waals surface area contributed by atoms with Crippen molar-refractivity contribution in [3.63, 3.8) is 0 Å². The molecule has 0 amide bonds. The summed E-state index contributed by atoms with van der Waals surface area (Å²) < 4.78 is 10.7.